The molecular weight excluding hydrogens is 776 g/mol. The molecule has 328 valence electrons. The van der Waals surface area contributed by atoms with Crippen molar-refractivity contribution in [2.24, 2.45) is 0 Å². The predicted octanol–water partition coefficient (Wildman–Crippen LogP) is -11.9. The van der Waals surface area contributed by atoms with Gasteiger partial charge in [-0.25, -0.2) is 0 Å². The van der Waals surface area contributed by atoms with Crippen LogP contribution in [0.25, 0.3) is 0 Å². The van der Waals surface area contributed by atoms with Gasteiger partial charge in [0.1, 0.15) is 122 Å². The van der Waals surface area contributed by atoms with Gasteiger partial charge in [0, 0.05) is 0 Å². The fourth-order valence-corrected chi connectivity index (χ4v) is 7.00. The Kier molecular flexibility index (Phi) is 16.1. The topological polar surface area (TPSA) is 427 Å². The zero-order chi connectivity index (χ0) is 41.3. The van der Waals surface area contributed by atoms with E-state index in [1.54, 1.807) is 0 Å². The van der Waals surface area contributed by atoms with Crippen molar-refractivity contribution < 1.29 is 129 Å². The van der Waals surface area contributed by atoms with Crippen LogP contribution in [0.4, 0.5) is 0 Å². The van der Waals surface area contributed by atoms with Crippen LogP contribution in [0.15, 0.2) is 0 Å². The number of hydrogen-bond donors (Lipinski definition) is 17. The highest BCUT2D eigenvalue weighted by Crippen LogP contribution is 2.35. The summed E-state index contributed by atoms with van der Waals surface area (Å²) in [6, 6.07) is 0. The van der Waals surface area contributed by atoms with Crippen LogP contribution >= 0.6 is 0 Å². The van der Waals surface area contributed by atoms with Gasteiger partial charge in [-0.1, -0.05) is 0 Å². The highest BCUT2D eigenvalue weighted by Gasteiger charge is 2.56. The number of hydrogen-bond acceptors (Lipinski definition) is 26. The highest BCUT2D eigenvalue weighted by molar-refractivity contribution is 4.99. The molecule has 26 heteroatoms. The minimum absolute atomic E-state index is 0.802. The molecule has 5 rings (SSSR count). The van der Waals surface area contributed by atoms with Crippen LogP contribution in [-0.4, -0.2) is 273 Å². The fourth-order valence-electron chi connectivity index (χ4n) is 7.00. The Hall–Kier alpha value is -1.04. The Bertz CT molecular complexity index is 1210. The van der Waals surface area contributed by atoms with Crippen LogP contribution in [0.3, 0.4) is 0 Å². The monoisotopic (exact) mass is 828 g/mol. The molecule has 56 heavy (non-hydrogen) atoms. The summed E-state index contributed by atoms with van der Waals surface area (Å²) in [6.45, 7) is -4.54. The van der Waals surface area contributed by atoms with E-state index in [2.05, 4.69) is 0 Å². The number of ether oxygens (including phenoxy) is 9. The summed E-state index contributed by atoms with van der Waals surface area (Å²) in [5, 5.41) is 177. The summed E-state index contributed by atoms with van der Waals surface area (Å²) in [7, 11) is 0. The van der Waals surface area contributed by atoms with Crippen LogP contribution in [0, 0.1) is 0 Å². The van der Waals surface area contributed by atoms with Crippen molar-refractivity contribution in [2.75, 3.05) is 33.0 Å². The fraction of sp³-hybridized carbons (Fsp3) is 1.00. The van der Waals surface area contributed by atoms with Crippen LogP contribution in [0.2, 0.25) is 0 Å². The van der Waals surface area contributed by atoms with Gasteiger partial charge in [-0.05, 0) is 0 Å². The van der Waals surface area contributed by atoms with E-state index in [4.69, 9.17) is 42.6 Å². The second-order valence-electron chi connectivity index (χ2n) is 13.9. The summed E-state index contributed by atoms with van der Waals surface area (Å²) < 4.78 is 49.0. The molecule has 5 aliphatic rings. The lowest BCUT2D eigenvalue weighted by atomic mass is 9.95. The molecular formula is C30H52O26. The average Bonchev–Trinajstić information content (AvgIpc) is 3.18. The first-order chi connectivity index (χ1) is 26.5. The first-order valence-electron chi connectivity index (χ1n) is 17.6. The van der Waals surface area contributed by atoms with Crippen molar-refractivity contribution >= 4 is 0 Å². The standard InChI is InChI=1S/C30H52O26/c31-1-6-12(37)17(42)25(26(47)48-6)56-30-21(46)24(15(40)10(5-35)52-30)55-29-20(45)23(14(39)9(4-34)51-29)54-28-19(44)22(13(38)8(3-33)50-28)53-27-18(43)16(41)11(36)7(2-32)49-27/h6-47H,1-5H2. The van der Waals surface area contributed by atoms with Gasteiger partial charge in [0.15, 0.2) is 31.5 Å². The van der Waals surface area contributed by atoms with Crippen LogP contribution in [0.1, 0.15) is 0 Å². The summed E-state index contributed by atoms with van der Waals surface area (Å²) >= 11 is 0. The lowest BCUT2D eigenvalue weighted by molar-refractivity contribution is -0.396. The molecule has 0 aromatic carbocycles. The van der Waals surface area contributed by atoms with Crippen molar-refractivity contribution in [1.82, 2.24) is 0 Å². The molecule has 0 radical (unpaired) electrons. The Morgan fingerprint density at radius 2 is 0.536 bits per heavy atom. The minimum Gasteiger partial charge on any atom is -0.394 e. The summed E-state index contributed by atoms with van der Waals surface area (Å²) in [6.07, 6.45) is -47.1. The molecule has 0 spiro atoms. The molecule has 0 aliphatic carbocycles. The largest absolute Gasteiger partial charge is 0.394 e. The third-order valence-corrected chi connectivity index (χ3v) is 10.3. The second kappa shape index (κ2) is 19.6. The van der Waals surface area contributed by atoms with Gasteiger partial charge < -0.3 is 129 Å². The molecule has 5 fully saturated rings. The quantitative estimate of drug-likeness (QED) is 0.0819. The molecule has 0 saturated carbocycles. The van der Waals surface area contributed by atoms with E-state index in [1.165, 1.54) is 0 Å². The third kappa shape index (κ3) is 9.16. The lowest BCUT2D eigenvalue weighted by Crippen LogP contribution is -2.68. The number of aliphatic hydroxyl groups is 17. The maximum Gasteiger partial charge on any atom is 0.187 e. The molecule has 0 aromatic rings. The Balaban J connectivity index is 1.33. The Morgan fingerprint density at radius 3 is 0.875 bits per heavy atom. The molecule has 25 atom stereocenters. The van der Waals surface area contributed by atoms with Gasteiger partial charge in [-0.15, -0.1) is 0 Å². The van der Waals surface area contributed by atoms with Gasteiger partial charge >= 0.3 is 0 Å². The molecule has 5 aliphatic heterocycles. The first-order valence-corrected chi connectivity index (χ1v) is 17.6. The van der Waals surface area contributed by atoms with Crippen molar-refractivity contribution in [2.45, 2.75) is 154 Å². The minimum atomic E-state index is -2.18. The van der Waals surface area contributed by atoms with E-state index in [1.807, 2.05) is 0 Å². The average molecular weight is 829 g/mol. The molecule has 0 amide bonds. The summed E-state index contributed by atoms with van der Waals surface area (Å²) in [5.74, 6) is 0. The number of aliphatic hydroxyl groups excluding tert-OH is 17. The second-order valence-corrected chi connectivity index (χ2v) is 13.9. The molecule has 25 unspecified atom stereocenters. The molecule has 0 bridgehead atoms. The van der Waals surface area contributed by atoms with E-state index < -0.39 is 187 Å². The smallest absolute Gasteiger partial charge is 0.187 e. The van der Waals surface area contributed by atoms with E-state index in [0.717, 1.165) is 0 Å². The molecule has 17 N–H and O–H groups in total. The van der Waals surface area contributed by atoms with Crippen LogP contribution in [0.5, 0.6) is 0 Å². The zero-order valence-electron chi connectivity index (χ0n) is 29.2. The van der Waals surface area contributed by atoms with Gasteiger partial charge in [0.2, 0.25) is 0 Å². The molecule has 0 aromatic heterocycles. The zero-order valence-corrected chi connectivity index (χ0v) is 29.2. The van der Waals surface area contributed by atoms with Crippen molar-refractivity contribution in [3.8, 4) is 0 Å². The van der Waals surface area contributed by atoms with E-state index >= 15 is 0 Å². The Morgan fingerprint density at radius 1 is 0.268 bits per heavy atom. The van der Waals surface area contributed by atoms with Gasteiger partial charge in [-0.3, -0.25) is 0 Å². The molecule has 26 nitrogen and oxygen atoms in total. The molecule has 5 saturated heterocycles. The summed E-state index contributed by atoms with van der Waals surface area (Å²) in [4.78, 5) is 0. The van der Waals surface area contributed by atoms with Gasteiger partial charge in [0.25, 0.3) is 0 Å². The van der Waals surface area contributed by atoms with Gasteiger partial charge in [0.05, 0.1) is 33.0 Å². The molecule has 5 heterocycles. The SMILES string of the molecule is OCC1OC(OC2C(O)C(CO)OC(OC3C(O)C(CO)OC(OC4C(O)C(CO)OC(OC5C(O)OC(CO)C(O)C5O)C4O)C3O)C2O)C(O)C(O)C1O. The maximum absolute atomic E-state index is 11.4. The van der Waals surface area contributed by atoms with Crippen LogP contribution in [-0.2, 0) is 42.6 Å². The third-order valence-electron chi connectivity index (χ3n) is 10.3. The van der Waals surface area contributed by atoms with Crippen LogP contribution < -0.4 is 0 Å². The van der Waals surface area contributed by atoms with E-state index in [9.17, 15) is 86.8 Å². The summed E-state index contributed by atoms with van der Waals surface area (Å²) in [5.41, 5.74) is 0. The predicted molar refractivity (Wildman–Crippen MR) is 167 cm³/mol. The van der Waals surface area contributed by atoms with Crippen molar-refractivity contribution in [3.63, 3.8) is 0 Å². The van der Waals surface area contributed by atoms with E-state index in [0.29, 0.717) is 0 Å². The Labute approximate surface area is 316 Å². The highest BCUT2D eigenvalue weighted by atomic mass is 16.8. The maximum atomic E-state index is 11.4. The number of rotatable bonds is 13. The first kappa shape index (κ1) is 46.0. The van der Waals surface area contributed by atoms with Crippen molar-refractivity contribution in [1.29, 1.82) is 0 Å². The van der Waals surface area contributed by atoms with E-state index in [-0.39, 0.29) is 0 Å². The normalized spacial score (nSPS) is 53.2. The van der Waals surface area contributed by atoms with Crippen molar-refractivity contribution in [3.05, 3.63) is 0 Å². The van der Waals surface area contributed by atoms with Gasteiger partial charge in [-0.2, -0.15) is 0 Å². The lowest BCUT2D eigenvalue weighted by Gasteiger charge is -2.49.